The minimum atomic E-state index is -6.68. The van der Waals surface area contributed by atoms with Crippen molar-refractivity contribution in [2.24, 2.45) is 0 Å². The third kappa shape index (κ3) is 3.01. The quantitative estimate of drug-likeness (QED) is 0.657. The van der Waals surface area contributed by atoms with Crippen LogP contribution in [0.25, 0.3) is 0 Å². The molecule has 0 N–H and O–H groups in total. The normalized spacial score (nSPS) is 16.0. The van der Waals surface area contributed by atoms with Crippen LogP contribution >= 0.6 is 0 Å². The molecule has 0 aliphatic carbocycles. The van der Waals surface area contributed by atoms with Crippen molar-refractivity contribution in [2.75, 3.05) is 0 Å². The summed E-state index contributed by atoms with van der Waals surface area (Å²) in [6.45, 7) is 1.97. The van der Waals surface area contributed by atoms with E-state index >= 15 is 0 Å². The second kappa shape index (κ2) is 4.17. The second-order valence-electron chi connectivity index (χ2n) is 4.39. The van der Waals surface area contributed by atoms with Crippen molar-refractivity contribution in [1.82, 2.24) is 0 Å². The Morgan fingerprint density at radius 1 is 0.556 bits per heavy atom. The van der Waals surface area contributed by atoms with Gasteiger partial charge in [-0.05, 0) is 20.8 Å². The fraction of sp³-hybridized carbons (Fsp3) is 1.00. The molecule has 0 saturated carbocycles. The molecule has 1 nitrogen and oxygen atoms in total. The number of alkyl halides is 9. The molecule has 0 amide bonds. The molecule has 0 atom stereocenters. The van der Waals surface area contributed by atoms with Gasteiger partial charge < -0.3 is 4.74 Å². The van der Waals surface area contributed by atoms with E-state index in [2.05, 4.69) is 4.74 Å². The largest absolute Gasteiger partial charge is 0.435 e. The van der Waals surface area contributed by atoms with Gasteiger partial charge in [-0.3, -0.25) is 0 Å². The lowest BCUT2D eigenvalue weighted by molar-refractivity contribution is -0.471. The van der Waals surface area contributed by atoms with Gasteiger partial charge in [-0.25, -0.2) is 0 Å². The molecular weight excluding hydrogens is 283 g/mol. The number of hydrogen-bond donors (Lipinski definition) is 0. The molecule has 18 heavy (non-hydrogen) atoms. The van der Waals surface area contributed by atoms with Gasteiger partial charge in [-0.2, -0.15) is 39.5 Å². The van der Waals surface area contributed by atoms with E-state index in [0.29, 0.717) is 20.8 Å². The first-order chi connectivity index (χ1) is 7.46. The van der Waals surface area contributed by atoms with Crippen molar-refractivity contribution < 1.29 is 44.3 Å². The maximum atomic E-state index is 12.3. The molecule has 0 bridgehead atoms. The van der Waals surface area contributed by atoms with E-state index in [1.807, 2.05) is 0 Å². The Bertz CT molecular complexity index is 254. The Morgan fingerprint density at radius 3 is 0.833 bits per heavy atom. The van der Waals surface area contributed by atoms with Crippen LogP contribution in [0.4, 0.5) is 39.5 Å². The average molecular weight is 292 g/mol. The molecule has 10 heteroatoms. The summed E-state index contributed by atoms with van der Waals surface area (Å²) in [5.41, 5.74) is -8.51. The van der Waals surface area contributed by atoms with Crippen LogP contribution in [0.1, 0.15) is 20.8 Å². The van der Waals surface area contributed by atoms with Crippen molar-refractivity contribution in [3.63, 3.8) is 0 Å². The summed E-state index contributed by atoms with van der Waals surface area (Å²) in [5, 5.41) is 0. The second-order valence-corrected chi connectivity index (χ2v) is 4.39. The number of ether oxygens (including phenoxy) is 1. The van der Waals surface area contributed by atoms with E-state index < -0.39 is 29.7 Å². The first kappa shape index (κ1) is 17.3. The Morgan fingerprint density at radius 2 is 0.778 bits per heavy atom. The van der Waals surface area contributed by atoms with Gasteiger partial charge in [0.05, 0.1) is 5.60 Å². The van der Waals surface area contributed by atoms with Crippen molar-refractivity contribution in [3.05, 3.63) is 0 Å². The summed E-state index contributed by atoms with van der Waals surface area (Å²) in [6, 6.07) is 0. The van der Waals surface area contributed by atoms with Crippen LogP contribution in [0.5, 0.6) is 0 Å². The highest BCUT2D eigenvalue weighted by Gasteiger charge is 2.86. The van der Waals surface area contributed by atoms with Gasteiger partial charge in [0.15, 0.2) is 0 Å². The molecule has 0 aromatic carbocycles. The maximum absolute atomic E-state index is 12.3. The highest BCUT2D eigenvalue weighted by Crippen LogP contribution is 2.56. The fourth-order valence-corrected chi connectivity index (χ4v) is 1.12. The van der Waals surface area contributed by atoms with Gasteiger partial charge >= 0.3 is 24.1 Å². The third-order valence-electron chi connectivity index (χ3n) is 1.66. The van der Waals surface area contributed by atoms with Crippen molar-refractivity contribution >= 4 is 0 Å². The van der Waals surface area contributed by atoms with Gasteiger partial charge in [0.2, 0.25) is 0 Å². The molecule has 0 aliphatic heterocycles. The van der Waals surface area contributed by atoms with E-state index in [9.17, 15) is 39.5 Å². The minimum Gasteiger partial charge on any atom is -0.345 e. The minimum absolute atomic E-state index is 0.658. The zero-order chi connectivity index (χ0) is 15.2. The fourth-order valence-electron chi connectivity index (χ4n) is 1.12. The van der Waals surface area contributed by atoms with Crippen LogP contribution in [-0.4, -0.2) is 29.7 Å². The van der Waals surface area contributed by atoms with Crippen LogP contribution in [0, 0.1) is 0 Å². The molecule has 110 valence electrons. The van der Waals surface area contributed by atoms with E-state index in [1.54, 1.807) is 0 Å². The molecule has 0 rings (SSSR count). The Balaban J connectivity index is 6.10. The summed E-state index contributed by atoms with van der Waals surface area (Å²) < 4.78 is 114. The lowest BCUT2D eigenvalue weighted by Gasteiger charge is -2.42. The smallest absolute Gasteiger partial charge is 0.345 e. The standard InChI is InChI=1S/C8H9F9O/c1-4(2,3)18-5(6(9,10)11,7(12,13)14)8(15,16)17/h1-3H3. The maximum Gasteiger partial charge on any atom is 0.435 e. The monoisotopic (exact) mass is 292 g/mol. The highest BCUT2D eigenvalue weighted by atomic mass is 19.4. The average Bonchev–Trinajstić information content (AvgIpc) is 1.90. The van der Waals surface area contributed by atoms with E-state index in [0.717, 1.165) is 0 Å². The number of halogens is 9. The van der Waals surface area contributed by atoms with Crippen LogP contribution in [-0.2, 0) is 4.74 Å². The van der Waals surface area contributed by atoms with Crippen molar-refractivity contribution in [3.8, 4) is 0 Å². The Kier molecular flexibility index (Phi) is 4.02. The molecule has 0 aromatic heterocycles. The third-order valence-corrected chi connectivity index (χ3v) is 1.66. The summed E-state index contributed by atoms with van der Waals surface area (Å²) >= 11 is 0. The van der Waals surface area contributed by atoms with E-state index in [-0.39, 0.29) is 0 Å². The number of rotatable bonds is 1. The Labute approximate surface area is 95.9 Å². The topological polar surface area (TPSA) is 9.23 Å². The first-order valence-corrected chi connectivity index (χ1v) is 4.36. The summed E-state index contributed by atoms with van der Waals surface area (Å²) in [6.07, 6.45) is -20.1. The van der Waals surface area contributed by atoms with Gasteiger partial charge in [-0.1, -0.05) is 0 Å². The lowest BCUT2D eigenvalue weighted by atomic mass is 9.99. The van der Waals surface area contributed by atoms with Crippen LogP contribution in [0.3, 0.4) is 0 Å². The molecule has 0 unspecified atom stereocenters. The van der Waals surface area contributed by atoms with Gasteiger partial charge in [-0.15, -0.1) is 0 Å². The van der Waals surface area contributed by atoms with Crippen molar-refractivity contribution in [2.45, 2.75) is 50.5 Å². The molecule has 0 aromatic rings. The summed E-state index contributed by atoms with van der Waals surface area (Å²) in [5.74, 6) is 0. The van der Waals surface area contributed by atoms with Gasteiger partial charge in [0, 0.05) is 0 Å². The molecular formula is C8H9F9O. The molecule has 0 radical (unpaired) electrons. The van der Waals surface area contributed by atoms with Gasteiger partial charge in [0.25, 0.3) is 0 Å². The lowest BCUT2D eigenvalue weighted by Crippen LogP contribution is -2.69. The van der Waals surface area contributed by atoms with Crippen LogP contribution < -0.4 is 0 Å². The van der Waals surface area contributed by atoms with E-state index in [1.165, 1.54) is 0 Å². The molecule has 0 saturated heterocycles. The van der Waals surface area contributed by atoms with Crippen LogP contribution in [0.15, 0.2) is 0 Å². The zero-order valence-electron chi connectivity index (χ0n) is 9.31. The first-order valence-electron chi connectivity index (χ1n) is 4.36. The van der Waals surface area contributed by atoms with Crippen molar-refractivity contribution in [1.29, 1.82) is 0 Å². The molecule has 0 heterocycles. The molecule has 0 spiro atoms. The number of hydrogen-bond acceptors (Lipinski definition) is 1. The predicted molar refractivity (Wildman–Crippen MR) is 41.7 cm³/mol. The van der Waals surface area contributed by atoms with Crippen LogP contribution in [0.2, 0.25) is 0 Å². The predicted octanol–water partition coefficient (Wildman–Crippen LogP) is 4.23. The zero-order valence-corrected chi connectivity index (χ0v) is 9.31. The van der Waals surface area contributed by atoms with Gasteiger partial charge in [0.1, 0.15) is 0 Å². The summed E-state index contributed by atoms with van der Waals surface area (Å²) in [7, 11) is 0. The van der Waals surface area contributed by atoms with E-state index in [4.69, 9.17) is 0 Å². The Hall–Kier alpha value is -0.670. The molecule has 0 fully saturated rings. The molecule has 0 aliphatic rings. The highest BCUT2D eigenvalue weighted by molar-refractivity contribution is 5.03. The SMILES string of the molecule is CC(C)(C)OC(C(F)(F)F)(C(F)(F)F)C(F)(F)F. The summed E-state index contributed by atoms with van der Waals surface area (Å²) in [4.78, 5) is 0.